The molecular formula is C17H16ClNO3. The Morgan fingerprint density at radius 2 is 2.23 bits per heavy atom. The Hall–Kier alpha value is -2.07. The fraction of sp³-hybridized carbons (Fsp3) is 0.294. The van der Waals surface area contributed by atoms with Gasteiger partial charge in [0.25, 0.3) is 0 Å². The maximum atomic E-state index is 11.4. The summed E-state index contributed by atoms with van der Waals surface area (Å²) >= 11 is 6.33. The zero-order chi connectivity index (χ0) is 15.7. The minimum Gasteiger partial charge on any atom is -0.488 e. The predicted octanol–water partition coefficient (Wildman–Crippen LogP) is 3.90. The van der Waals surface area contributed by atoms with Crippen molar-refractivity contribution in [3.63, 3.8) is 0 Å². The molecule has 0 radical (unpaired) electrons. The van der Waals surface area contributed by atoms with Crippen LogP contribution in [-0.2, 0) is 11.2 Å². The molecule has 3 rings (SSSR count). The Morgan fingerprint density at radius 1 is 1.41 bits per heavy atom. The van der Waals surface area contributed by atoms with E-state index in [1.54, 1.807) is 12.3 Å². The lowest BCUT2D eigenvalue weighted by atomic mass is 10.0. The Kier molecular flexibility index (Phi) is 4.03. The van der Waals surface area contributed by atoms with Gasteiger partial charge in [0.05, 0.1) is 12.1 Å². The van der Waals surface area contributed by atoms with Crippen molar-refractivity contribution in [2.45, 2.75) is 25.9 Å². The summed E-state index contributed by atoms with van der Waals surface area (Å²) in [4.78, 5) is 15.5. The van der Waals surface area contributed by atoms with Crippen molar-refractivity contribution < 1.29 is 14.3 Å². The topological polar surface area (TPSA) is 48.4 Å². The number of carbonyl (C=O) groups is 1. The first kappa shape index (κ1) is 14.9. The summed E-state index contributed by atoms with van der Waals surface area (Å²) in [6, 6.07) is 7.43. The lowest BCUT2D eigenvalue weighted by molar-refractivity contribution is 0.0594. The van der Waals surface area contributed by atoms with Crippen LogP contribution in [0.25, 0.3) is 11.1 Å². The first-order chi connectivity index (χ1) is 10.6. The molecule has 1 aliphatic rings. The third kappa shape index (κ3) is 2.66. The maximum Gasteiger partial charge on any atom is 0.356 e. The minimum atomic E-state index is -0.447. The fourth-order valence-electron chi connectivity index (χ4n) is 2.57. The van der Waals surface area contributed by atoms with Crippen LogP contribution in [0.5, 0.6) is 5.75 Å². The Morgan fingerprint density at radius 3 is 2.86 bits per heavy atom. The number of fused-ring (bicyclic) bond motifs is 1. The average molecular weight is 318 g/mol. The van der Waals surface area contributed by atoms with Gasteiger partial charge in [0, 0.05) is 18.2 Å². The Bertz CT molecular complexity index is 713. The van der Waals surface area contributed by atoms with Crippen molar-refractivity contribution in [3.05, 3.63) is 46.7 Å². The summed E-state index contributed by atoms with van der Waals surface area (Å²) < 4.78 is 10.5. The van der Waals surface area contributed by atoms with Crippen LogP contribution in [0.1, 0.15) is 29.4 Å². The fourth-order valence-corrected chi connectivity index (χ4v) is 2.86. The zero-order valence-electron chi connectivity index (χ0n) is 12.4. The molecule has 1 aromatic heterocycles. The summed E-state index contributed by atoms with van der Waals surface area (Å²) in [6.07, 6.45) is 3.67. The summed E-state index contributed by atoms with van der Waals surface area (Å²) in [5.74, 6) is 0.342. The third-order valence-corrected chi connectivity index (χ3v) is 4.08. The number of rotatable bonds is 3. The molecule has 1 unspecified atom stereocenters. The van der Waals surface area contributed by atoms with Crippen LogP contribution < -0.4 is 4.74 Å². The normalized spacial score (nSPS) is 16.0. The van der Waals surface area contributed by atoms with Gasteiger partial charge in [-0.1, -0.05) is 24.6 Å². The van der Waals surface area contributed by atoms with E-state index in [1.165, 1.54) is 7.11 Å². The standard InChI is InChI=1S/C17H16ClNO3/c1-3-13-7-12-6-11(8-14(18)16(12)22-13)10-4-5-15(19-9-10)17(20)21-2/h4-6,8-9,13H,3,7H2,1-2H3. The molecule has 2 heterocycles. The molecule has 0 spiro atoms. The maximum absolute atomic E-state index is 11.4. The number of methoxy groups -OCH3 is 1. The minimum absolute atomic E-state index is 0.197. The first-order valence-corrected chi connectivity index (χ1v) is 7.54. The number of benzene rings is 1. The second-order valence-electron chi connectivity index (χ2n) is 5.22. The molecule has 4 nitrogen and oxygen atoms in total. The Balaban J connectivity index is 1.93. The van der Waals surface area contributed by atoms with Crippen molar-refractivity contribution in [2.75, 3.05) is 7.11 Å². The molecule has 5 heteroatoms. The van der Waals surface area contributed by atoms with Crippen molar-refractivity contribution in [1.82, 2.24) is 4.98 Å². The van der Waals surface area contributed by atoms with Gasteiger partial charge >= 0.3 is 5.97 Å². The van der Waals surface area contributed by atoms with Gasteiger partial charge in [0.1, 0.15) is 17.5 Å². The highest BCUT2D eigenvalue weighted by Gasteiger charge is 2.24. The number of esters is 1. The summed E-state index contributed by atoms with van der Waals surface area (Å²) in [7, 11) is 1.34. The number of pyridine rings is 1. The van der Waals surface area contributed by atoms with Crippen LogP contribution in [0, 0.1) is 0 Å². The van der Waals surface area contributed by atoms with E-state index in [-0.39, 0.29) is 11.8 Å². The van der Waals surface area contributed by atoms with E-state index in [0.717, 1.165) is 35.3 Å². The second-order valence-corrected chi connectivity index (χ2v) is 5.63. The molecule has 0 amide bonds. The summed E-state index contributed by atoms with van der Waals surface area (Å²) in [5.41, 5.74) is 3.27. The second kappa shape index (κ2) is 5.97. The average Bonchev–Trinajstić information content (AvgIpc) is 2.98. The van der Waals surface area contributed by atoms with Crippen LogP contribution in [0.15, 0.2) is 30.5 Å². The smallest absolute Gasteiger partial charge is 0.356 e. The van der Waals surface area contributed by atoms with E-state index in [4.69, 9.17) is 16.3 Å². The number of nitrogens with zero attached hydrogens (tertiary/aromatic N) is 1. The van der Waals surface area contributed by atoms with Gasteiger partial charge in [-0.05, 0) is 35.7 Å². The quantitative estimate of drug-likeness (QED) is 0.805. The lowest BCUT2D eigenvalue weighted by Gasteiger charge is -2.08. The molecule has 1 aliphatic heterocycles. The highest BCUT2D eigenvalue weighted by Crippen LogP contribution is 2.40. The molecule has 22 heavy (non-hydrogen) atoms. The molecule has 1 aromatic carbocycles. The van der Waals surface area contributed by atoms with E-state index in [2.05, 4.69) is 22.7 Å². The van der Waals surface area contributed by atoms with Gasteiger partial charge in [0.15, 0.2) is 0 Å². The van der Waals surface area contributed by atoms with E-state index < -0.39 is 5.97 Å². The highest BCUT2D eigenvalue weighted by molar-refractivity contribution is 6.32. The molecule has 0 saturated carbocycles. The monoisotopic (exact) mass is 317 g/mol. The van der Waals surface area contributed by atoms with Gasteiger partial charge in [-0.3, -0.25) is 0 Å². The van der Waals surface area contributed by atoms with Gasteiger partial charge in [-0.2, -0.15) is 0 Å². The Labute approximate surface area is 134 Å². The van der Waals surface area contributed by atoms with Crippen LogP contribution in [0.4, 0.5) is 0 Å². The summed E-state index contributed by atoms with van der Waals surface area (Å²) in [6.45, 7) is 2.10. The van der Waals surface area contributed by atoms with Crippen LogP contribution in [-0.4, -0.2) is 24.2 Å². The molecule has 2 aromatic rings. The van der Waals surface area contributed by atoms with Gasteiger partial charge < -0.3 is 9.47 Å². The van der Waals surface area contributed by atoms with Gasteiger partial charge in [-0.25, -0.2) is 9.78 Å². The predicted molar refractivity (Wildman–Crippen MR) is 84.4 cm³/mol. The largest absolute Gasteiger partial charge is 0.488 e. The lowest BCUT2D eigenvalue weighted by Crippen LogP contribution is -2.10. The molecule has 0 N–H and O–H groups in total. The third-order valence-electron chi connectivity index (χ3n) is 3.80. The molecule has 0 bridgehead atoms. The zero-order valence-corrected chi connectivity index (χ0v) is 13.2. The SMILES string of the molecule is CCC1Cc2cc(-c3ccc(C(=O)OC)nc3)cc(Cl)c2O1. The summed E-state index contributed by atoms with van der Waals surface area (Å²) in [5, 5.41) is 0.612. The van der Waals surface area contributed by atoms with Crippen molar-refractivity contribution in [1.29, 1.82) is 0 Å². The van der Waals surface area contributed by atoms with Crippen LogP contribution >= 0.6 is 11.6 Å². The molecule has 0 saturated heterocycles. The number of aromatic nitrogens is 1. The number of ether oxygens (including phenoxy) is 2. The molecule has 0 fully saturated rings. The highest BCUT2D eigenvalue weighted by atomic mass is 35.5. The number of halogens is 1. The number of hydrogen-bond acceptors (Lipinski definition) is 4. The van der Waals surface area contributed by atoms with E-state index in [9.17, 15) is 4.79 Å². The molecule has 114 valence electrons. The van der Waals surface area contributed by atoms with Gasteiger partial charge in [0.2, 0.25) is 0 Å². The van der Waals surface area contributed by atoms with Crippen molar-refractivity contribution in [2.24, 2.45) is 0 Å². The molecule has 1 atom stereocenters. The van der Waals surface area contributed by atoms with Crippen LogP contribution in [0.2, 0.25) is 5.02 Å². The molecular weight excluding hydrogens is 302 g/mol. The van der Waals surface area contributed by atoms with E-state index >= 15 is 0 Å². The van der Waals surface area contributed by atoms with E-state index in [0.29, 0.717) is 5.02 Å². The first-order valence-electron chi connectivity index (χ1n) is 7.16. The van der Waals surface area contributed by atoms with Crippen molar-refractivity contribution >= 4 is 17.6 Å². The number of hydrogen-bond donors (Lipinski definition) is 0. The number of carbonyl (C=O) groups excluding carboxylic acids is 1. The van der Waals surface area contributed by atoms with Crippen molar-refractivity contribution in [3.8, 4) is 16.9 Å². The molecule has 0 aliphatic carbocycles. The van der Waals surface area contributed by atoms with E-state index in [1.807, 2.05) is 12.1 Å². The van der Waals surface area contributed by atoms with Gasteiger partial charge in [-0.15, -0.1) is 0 Å². The van der Waals surface area contributed by atoms with Crippen LogP contribution in [0.3, 0.4) is 0 Å².